The molecule has 0 spiro atoms. The number of rotatable bonds is 4. The molecule has 3 aromatic rings. The van der Waals surface area contributed by atoms with Crippen molar-refractivity contribution >= 4 is 22.6 Å². The summed E-state index contributed by atoms with van der Waals surface area (Å²) in [6.07, 6.45) is -4.69. The van der Waals surface area contributed by atoms with Gasteiger partial charge in [0.1, 0.15) is 11.3 Å². The Hall–Kier alpha value is -3.29. The van der Waals surface area contributed by atoms with Crippen molar-refractivity contribution in [3.8, 4) is 5.75 Å². The third kappa shape index (κ3) is 4.33. The number of alkyl halides is 3. The number of ether oxygens (including phenoxy) is 1. The summed E-state index contributed by atoms with van der Waals surface area (Å²) in [5, 5.41) is 2.40. The second-order valence-electron chi connectivity index (χ2n) is 6.27. The van der Waals surface area contributed by atoms with Crippen molar-refractivity contribution in [3.05, 3.63) is 69.6 Å². The number of aryl methyl sites for hydroxylation is 2. The van der Waals surface area contributed by atoms with Gasteiger partial charge in [0.15, 0.2) is 6.61 Å². The van der Waals surface area contributed by atoms with Gasteiger partial charge in [-0.1, -0.05) is 6.07 Å². The lowest BCUT2D eigenvalue weighted by Gasteiger charge is -2.11. The van der Waals surface area contributed by atoms with Crippen LogP contribution in [0.25, 0.3) is 11.0 Å². The molecule has 0 radical (unpaired) electrons. The highest BCUT2D eigenvalue weighted by atomic mass is 19.4. The molecule has 1 aromatic heterocycles. The first kappa shape index (κ1) is 19.5. The molecule has 0 aliphatic carbocycles. The normalized spacial score (nSPS) is 11.5. The van der Waals surface area contributed by atoms with E-state index in [2.05, 4.69) is 5.32 Å². The average Bonchev–Trinajstić information content (AvgIpc) is 2.61. The summed E-state index contributed by atoms with van der Waals surface area (Å²) in [5.41, 5.74) is 0.235. The van der Waals surface area contributed by atoms with Crippen LogP contribution in [0.2, 0.25) is 0 Å². The van der Waals surface area contributed by atoms with Gasteiger partial charge in [-0.3, -0.25) is 4.79 Å². The first-order chi connectivity index (χ1) is 13.1. The Balaban J connectivity index is 1.75. The first-order valence-electron chi connectivity index (χ1n) is 8.28. The topological polar surface area (TPSA) is 68.5 Å². The molecule has 8 heteroatoms. The van der Waals surface area contributed by atoms with Crippen LogP contribution >= 0.6 is 0 Å². The van der Waals surface area contributed by atoms with E-state index < -0.39 is 23.3 Å². The minimum absolute atomic E-state index is 0.102. The highest BCUT2D eigenvalue weighted by Gasteiger charge is 2.33. The summed E-state index contributed by atoms with van der Waals surface area (Å²) in [6.45, 7) is 3.51. The molecule has 28 heavy (non-hydrogen) atoms. The van der Waals surface area contributed by atoms with Crippen molar-refractivity contribution in [2.45, 2.75) is 20.0 Å². The fraction of sp³-hybridized carbons (Fsp3) is 0.200. The quantitative estimate of drug-likeness (QED) is 0.668. The number of carbonyl (C=O) groups excluding carboxylic acids is 1. The number of hydrogen-bond donors (Lipinski definition) is 1. The third-order valence-corrected chi connectivity index (χ3v) is 4.18. The van der Waals surface area contributed by atoms with E-state index >= 15 is 0 Å². The van der Waals surface area contributed by atoms with E-state index in [-0.39, 0.29) is 23.3 Å². The van der Waals surface area contributed by atoms with E-state index in [0.29, 0.717) is 11.8 Å². The highest BCUT2D eigenvalue weighted by Crippen LogP contribution is 2.34. The summed E-state index contributed by atoms with van der Waals surface area (Å²) >= 11 is 0. The Morgan fingerprint density at radius 1 is 1.07 bits per heavy atom. The van der Waals surface area contributed by atoms with Crippen LogP contribution in [0.4, 0.5) is 18.9 Å². The number of amides is 1. The molecule has 1 amide bonds. The van der Waals surface area contributed by atoms with Gasteiger partial charge < -0.3 is 14.5 Å². The van der Waals surface area contributed by atoms with Crippen LogP contribution < -0.4 is 15.7 Å². The van der Waals surface area contributed by atoms with Crippen molar-refractivity contribution in [3.63, 3.8) is 0 Å². The number of halogens is 3. The van der Waals surface area contributed by atoms with Crippen LogP contribution in [-0.2, 0) is 11.0 Å². The minimum atomic E-state index is -4.69. The predicted octanol–water partition coefficient (Wildman–Crippen LogP) is 4.45. The maximum Gasteiger partial charge on any atom is 0.417 e. The van der Waals surface area contributed by atoms with Gasteiger partial charge in [0.05, 0.1) is 5.56 Å². The summed E-state index contributed by atoms with van der Waals surface area (Å²) < 4.78 is 49.3. The molecule has 0 unspecified atom stereocenters. The third-order valence-electron chi connectivity index (χ3n) is 4.18. The van der Waals surface area contributed by atoms with Crippen molar-refractivity contribution in [2.24, 2.45) is 0 Å². The van der Waals surface area contributed by atoms with Crippen LogP contribution in [-0.4, -0.2) is 12.5 Å². The van der Waals surface area contributed by atoms with Crippen LogP contribution in [0.15, 0.2) is 51.7 Å². The molecule has 5 nitrogen and oxygen atoms in total. The van der Waals surface area contributed by atoms with Crippen molar-refractivity contribution in [1.82, 2.24) is 0 Å². The van der Waals surface area contributed by atoms with Gasteiger partial charge in [0.25, 0.3) is 5.91 Å². The Bertz CT molecular complexity index is 1100. The minimum Gasteiger partial charge on any atom is -0.484 e. The smallest absolute Gasteiger partial charge is 0.417 e. The molecule has 0 saturated heterocycles. The van der Waals surface area contributed by atoms with E-state index in [1.165, 1.54) is 6.07 Å². The van der Waals surface area contributed by atoms with Crippen LogP contribution in [0.3, 0.4) is 0 Å². The van der Waals surface area contributed by atoms with Gasteiger partial charge in [0.2, 0.25) is 0 Å². The van der Waals surface area contributed by atoms with Gasteiger partial charge >= 0.3 is 11.8 Å². The van der Waals surface area contributed by atoms with Gasteiger partial charge in [-0.25, -0.2) is 4.79 Å². The van der Waals surface area contributed by atoms with E-state index in [1.807, 2.05) is 26.0 Å². The fourth-order valence-corrected chi connectivity index (χ4v) is 2.63. The van der Waals surface area contributed by atoms with E-state index in [4.69, 9.17) is 9.15 Å². The Morgan fingerprint density at radius 3 is 2.50 bits per heavy atom. The lowest BCUT2D eigenvalue weighted by molar-refractivity contribution is -0.136. The molecule has 146 valence electrons. The summed E-state index contributed by atoms with van der Waals surface area (Å²) in [5.74, 6) is -0.334. The lowest BCUT2D eigenvalue weighted by atomic mass is 10.1. The SMILES string of the molecule is Cc1ccc(NC(=O)COc2ccc3c(C(F)(F)F)cc(=O)oc3c2)cc1C. The fourth-order valence-electron chi connectivity index (χ4n) is 2.63. The summed E-state index contributed by atoms with van der Waals surface area (Å²) in [4.78, 5) is 23.4. The van der Waals surface area contributed by atoms with Crippen molar-refractivity contribution in [1.29, 1.82) is 0 Å². The molecular weight excluding hydrogens is 375 g/mol. The van der Waals surface area contributed by atoms with E-state index in [1.54, 1.807) is 6.07 Å². The monoisotopic (exact) mass is 391 g/mol. The van der Waals surface area contributed by atoms with Gasteiger partial charge in [-0.05, 0) is 49.2 Å². The van der Waals surface area contributed by atoms with E-state index in [0.717, 1.165) is 23.3 Å². The molecule has 0 bridgehead atoms. The molecule has 1 heterocycles. The molecular formula is C20H16F3NO4. The molecule has 0 saturated carbocycles. The maximum atomic E-state index is 13.0. The Labute approximate surface area is 157 Å². The Morgan fingerprint density at radius 2 is 1.82 bits per heavy atom. The van der Waals surface area contributed by atoms with Gasteiger partial charge in [-0.15, -0.1) is 0 Å². The Kier molecular flexibility index (Phi) is 5.13. The zero-order valence-electron chi connectivity index (χ0n) is 15.0. The zero-order chi connectivity index (χ0) is 20.5. The molecule has 1 N–H and O–H groups in total. The van der Waals surface area contributed by atoms with Crippen LogP contribution in [0, 0.1) is 13.8 Å². The highest BCUT2D eigenvalue weighted by molar-refractivity contribution is 5.92. The van der Waals surface area contributed by atoms with Crippen molar-refractivity contribution < 1.29 is 27.1 Å². The molecule has 0 aliphatic rings. The standard InChI is InChI=1S/C20H16F3NO4/c1-11-3-4-13(7-12(11)2)24-18(25)10-27-14-5-6-15-16(20(21,22)23)9-19(26)28-17(15)8-14/h3-9H,10H2,1-2H3,(H,24,25). The average molecular weight is 391 g/mol. The second-order valence-corrected chi connectivity index (χ2v) is 6.27. The summed E-state index contributed by atoms with van der Waals surface area (Å²) in [6, 6.07) is 9.41. The number of fused-ring (bicyclic) bond motifs is 1. The first-order valence-corrected chi connectivity index (χ1v) is 8.28. The largest absolute Gasteiger partial charge is 0.484 e. The number of benzene rings is 2. The number of hydrogen-bond acceptors (Lipinski definition) is 4. The lowest BCUT2D eigenvalue weighted by Crippen LogP contribution is -2.20. The summed E-state index contributed by atoms with van der Waals surface area (Å²) in [7, 11) is 0. The second kappa shape index (κ2) is 7.38. The maximum absolute atomic E-state index is 13.0. The zero-order valence-corrected chi connectivity index (χ0v) is 15.0. The molecule has 0 fully saturated rings. The van der Waals surface area contributed by atoms with Crippen LogP contribution in [0.1, 0.15) is 16.7 Å². The van der Waals surface area contributed by atoms with E-state index in [9.17, 15) is 22.8 Å². The number of carbonyl (C=O) groups is 1. The van der Waals surface area contributed by atoms with Gasteiger partial charge in [-0.2, -0.15) is 13.2 Å². The molecule has 0 aliphatic heterocycles. The molecule has 3 rings (SSSR count). The molecule has 0 atom stereocenters. The number of nitrogens with one attached hydrogen (secondary N) is 1. The number of anilines is 1. The van der Waals surface area contributed by atoms with Crippen LogP contribution in [0.5, 0.6) is 5.75 Å². The van der Waals surface area contributed by atoms with Gasteiger partial charge in [0, 0.05) is 23.2 Å². The predicted molar refractivity (Wildman–Crippen MR) is 97.5 cm³/mol. The van der Waals surface area contributed by atoms with Crippen molar-refractivity contribution in [2.75, 3.05) is 11.9 Å². The molecule has 2 aromatic carbocycles.